The lowest BCUT2D eigenvalue weighted by molar-refractivity contribution is -0.146. The third-order valence-electron chi connectivity index (χ3n) is 9.37. The monoisotopic (exact) mass is 660 g/mol. The van der Waals surface area contributed by atoms with Gasteiger partial charge < -0.3 is 19.7 Å². The van der Waals surface area contributed by atoms with Gasteiger partial charge in [0.05, 0.1) is 7.11 Å². The number of amides is 2. The van der Waals surface area contributed by atoms with Crippen LogP contribution in [0.5, 0.6) is 0 Å². The van der Waals surface area contributed by atoms with Gasteiger partial charge in [-0.25, -0.2) is 4.79 Å². The van der Waals surface area contributed by atoms with Crippen LogP contribution in [-0.2, 0) is 39.9 Å². The van der Waals surface area contributed by atoms with Crippen molar-refractivity contribution in [3.8, 4) is 11.1 Å². The molecule has 260 valence electrons. The minimum absolute atomic E-state index is 0.0218. The first-order valence-electron chi connectivity index (χ1n) is 17.2. The lowest BCUT2D eigenvalue weighted by atomic mass is 9.86. The van der Waals surface area contributed by atoms with E-state index in [2.05, 4.69) is 12.2 Å². The number of esters is 1. The van der Waals surface area contributed by atoms with Gasteiger partial charge in [-0.2, -0.15) is 0 Å². The molecule has 0 saturated carbocycles. The number of carbonyl (C=O) groups excluding carboxylic acids is 6. The van der Waals surface area contributed by atoms with E-state index in [9.17, 15) is 28.8 Å². The van der Waals surface area contributed by atoms with Gasteiger partial charge in [0.1, 0.15) is 23.7 Å². The Morgan fingerprint density at radius 1 is 0.938 bits per heavy atom. The number of hydrogen-bond acceptors (Lipinski definition) is 7. The summed E-state index contributed by atoms with van der Waals surface area (Å²) in [5.41, 5.74) is 5.24. The maximum Gasteiger partial charge on any atom is 0.328 e. The Balaban J connectivity index is 2.10. The molecule has 0 spiro atoms. The molecule has 2 aromatic rings. The van der Waals surface area contributed by atoms with Gasteiger partial charge >= 0.3 is 5.97 Å². The quantitative estimate of drug-likeness (QED) is 0.200. The Kier molecular flexibility index (Phi) is 14.2. The van der Waals surface area contributed by atoms with Gasteiger partial charge in [0.15, 0.2) is 5.78 Å². The lowest BCUT2D eigenvalue weighted by Gasteiger charge is -2.32. The number of ketones is 3. The number of carbonyl (C=O) groups is 6. The fourth-order valence-electron chi connectivity index (χ4n) is 6.48. The number of methoxy groups -OCH3 is 1. The van der Waals surface area contributed by atoms with Crippen molar-refractivity contribution in [2.24, 2.45) is 11.8 Å². The van der Waals surface area contributed by atoms with Crippen LogP contribution in [0.2, 0.25) is 0 Å². The van der Waals surface area contributed by atoms with Crippen LogP contribution in [0.25, 0.3) is 11.1 Å². The maximum atomic E-state index is 14.3. The molecule has 48 heavy (non-hydrogen) atoms. The molecule has 2 aromatic carbocycles. The second-order valence-electron chi connectivity index (χ2n) is 13.4. The molecule has 4 bridgehead atoms. The van der Waals surface area contributed by atoms with Crippen LogP contribution in [0.15, 0.2) is 36.4 Å². The van der Waals surface area contributed by atoms with Crippen LogP contribution in [0.4, 0.5) is 0 Å². The van der Waals surface area contributed by atoms with E-state index >= 15 is 0 Å². The van der Waals surface area contributed by atoms with Crippen molar-refractivity contribution in [2.75, 3.05) is 14.2 Å². The summed E-state index contributed by atoms with van der Waals surface area (Å²) in [5.74, 6) is -3.12. The first kappa shape index (κ1) is 38.3. The van der Waals surface area contributed by atoms with E-state index in [4.69, 9.17) is 4.74 Å². The Morgan fingerprint density at radius 3 is 2.25 bits per heavy atom. The molecule has 1 aliphatic rings. The van der Waals surface area contributed by atoms with Crippen LogP contribution in [0.3, 0.4) is 0 Å². The van der Waals surface area contributed by atoms with Crippen LogP contribution in [0.1, 0.15) is 107 Å². The molecular weight excluding hydrogens is 608 g/mol. The summed E-state index contributed by atoms with van der Waals surface area (Å²) in [5, 5.41) is 2.79. The fraction of sp³-hybridized carbons (Fsp3) is 0.538. The van der Waals surface area contributed by atoms with Crippen LogP contribution < -0.4 is 5.32 Å². The predicted molar refractivity (Wildman–Crippen MR) is 185 cm³/mol. The van der Waals surface area contributed by atoms with Crippen molar-refractivity contribution >= 4 is 35.1 Å². The summed E-state index contributed by atoms with van der Waals surface area (Å²) in [7, 11) is 2.87. The van der Waals surface area contributed by atoms with Gasteiger partial charge in [0, 0.05) is 51.0 Å². The van der Waals surface area contributed by atoms with E-state index in [1.807, 2.05) is 50.2 Å². The van der Waals surface area contributed by atoms with Gasteiger partial charge in [0.25, 0.3) is 0 Å². The highest BCUT2D eigenvalue weighted by Crippen LogP contribution is 2.34. The van der Waals surface area contributed by atoms with Crippen LogP contribution >= 0.6 is 0 Å². The van der Waals surface area contributed by atoms with E-state index in [1.165, 1.54) is 18.9 Å². The number of rotatable bonds is 13. The number of hydrogen-bond donors (Lipinski definition) is 1. The average Bonchev–Trinajstić information content (AvgIpc) is 3.04. The molecule has 0 aliphatic carbocycles. The number of benzene rings is 2. The largest absolute Gasteiger partial charge is 0.467 e. The molecule has 0 unspecified atom stereocenters. The first-order valence-corrected chi connectivity index (χ1v) is 17.2. The second kappa shape index (κ2) is 17.9. The number of aryl methyl sites for hydroxylation is 2. The molecule has 0 radical (unpaired) electrons. The van der Waals surface area contributed by atoms with E-state index in [0.29, 0.717) is 24.8 Å². The highest BCUT2D eigenvalue weighted by atomic mass is 16.5. The molecule has 3 rings (SSSR count). The minimum atomic E-state index is -1.00. The molecule has 0 fully saturated rings. The number of likely N-dealkylation sites (N-methyl/N-ethyl adjacent to an activating group) is 1. The summed E-state index contributed by atoms with van der Waals surface area (Å²) < 4.78 is 5.00. The van der Waals surface area contributed by atoms with Crippen molar-refractivity contribution in [3.05, 3.63) is 58.7 Å². The number of fused-ring (bicyclic) bond motifs is 5. The summed E-state index contributed by atoms with van der Waals surface area (Å²) >= 11 is 0. The highest BCUT2D eigenvalue weighted by molar-refractivity contribution is 5.95. The second-order valence-corrected chi connectivity index (χ2v) is 13.4. The average molecular weight is 661 g/mol. The van der Waals surface area contributed by atoms with E-state index in [-0.39, 0.29) is 48.9 Å². The molecule has 9 heteroatoms. The number of ether oxygens (including phenoxy) is 1. The molecule has 1 heterocycles. The Morgan fingerprint density at radius 2 is 1.60 bits per heavy atom. The molecule has 2 amide bonds. The number of unbranched alkanes of at least 4 members (excludes halogenated alkanes) is 2. The molecule has 4 atom stereocenters. The number of Topliss-reactive ketones (excluding diaryl/α,β-unsaturated/α-hetero) is 3. The zero-order valence-corrected chi connectivity index (χ0v) is 29.6. The lowest BCUT2D eigenvalue weighted by Crippen LogP contribution is -2.46. The van der Waals surface area contributed by atoms with Gasteiger partial charge in [-0.05, 0) is 73.1 Å². The molecule has 0 saturated heterocycles. The van der Waals surface area contributed by atoms with Crippen LogP contribution in [-0.4, -0.2) is 60.2 Å². The van der Waals surface area contributed by atoms with Crippen molar-refractivity contribution in [2.45, 2.75) is 111 Å². The predicted octanol–water partition coefficient (Wildman–Crippen LogP) is 6.19. The Hall–Kier alpha value is -4.14. The van der Waals surface area contributed by atoms with E-state index in [1.54, 1.807) is 14.0 Å². The summed E-state index contributed by atoms with van der Waals surface area (Å²) in [6.45, 7) is 9.17. The zero-order chi connectivity index (χ0) is 35.5. The summed E-state index contributed by atoms with van der Waals surface area (Å²) in [4.78, 5) is 80.5. The third kappa shape index (κ3) is 10.2. The fourth-order valence-corrected chi connectivity index (χ4v) is 6.48. The van der Waals surface area contributed by atoms with Crippen molar-refractivity contribution in [1.29, 1.82) is 0 Å². The molecule has 0 aromatic heterocycles. The van der Waals surface area contributed by atoms with Gasteiger partial charge in [-0.3, -0.25) is 19.2 Å². The van der Waals surface area contributed by atoms with Crippen molar-refractivity contribution in [1.82, 2.24) is 10.2 Å². The smallest absolute Gasteiger partial charge is 0.328 e. The highest BCUT2D eigenvalue weighted by Gasteiger charge is 2.35. The number of nitrogens with one attached hydrogen (secondary N) is 1. The Labute approximate surface area is 285 Å². The molecule has 1 aliphatic heterocycles. The standard InChI is InChI=1S/C39H52N2O7/c1-8-9-10-13-30(22-31(43)14-11-12-27(5)42)38(46)41(6)36-29-18-16-25(3)33(23-29)32-20-28(17-15-24(32)2)21-34(39(47)48-7)40-37(45)26(4)19-35(36)44/h15-18,20,23,26,30,34,36H,8-14,19,21-22H2,1-7H3,(H,40,45)/t26-,30-,34+,36+/m1/s1. The SMILES string of the molecule is CCCCC[C@H](CC(=O)CCCC(C)=O)C(=O)N(C)[C@@H]1C(=O)C[C@@H](C)C(=O)N[C@H](C(=O)OC)Cc2ccc(C)c(c2)-c2cc1ccc2C. The summed E-state index contributed by atoms with van der Waals surface area (Å²) in [6.07, 6.45) is 4.23. The Bertz CT molecular complexity index is 1510. The first-order chi connectivity index (χ1) is 22.8. The minimum Gasteiger partial charge on any atom is -0.467 e. The van der Waals surface area contributed by atoms with Gasteiger partial charge in [-0.1, -0.05) is 63.4 Å². The van der Waals surface area contributed by atoms with E-state index in [0.717, 1.165) is 47.1 Å². The molecule has 9 nitrogen and oxygen atoms in total. The normalized spacial score (nSPS) is 18.7. The molecule has 1 N–H and O–H groups in total. The maximum absolute atomic E-state index is 14.3. The van der Waals surface area contributed by atoms with Crippen LogP contribution in [0, 0.1) is 25.7 Å². The van der Waals surface area contributed by atoms with E-state index < -0.39 is 35.8 Å². The van der Waals surface area contributed by atoms with Crippen molar-refractivity contribution in [3.63, 3.8) is 0 Å². The van der Waals surface area contributed by atoms with Crippen molar-refractivity contribution < 1.29 is 33.5 Å². The number of nitrogens with zero attached hydrogens (tertiary/aromatic N) is 1. The molecular formula is C39H52N2O7. The van der Waals surface area contributed by atoms with Gasteiger partial charge in [-0.15, -0.1) is 0 Å². The topological polar surface area (TPSA) is 127 Å². The zero-order valence-electron chi connectivity index (χ0n) is 29.6. The summed E-state index contributed by atoms with van der Waals surface area (Å²) in [6, 6.07) is 9.67. The third-order valence-corrected chi connectivity index (χ3v) is 9.37. The van der Waals surface area contributed by atoms with Gasteiger partial charge in [0.2, 0.25) is 11.8 Å².